The van der Waals surface area contributed by atoms with Gasteiger partial charge in [0.05, 0.1) is 13.2 Å². The summed E-state index contributed by atoms with van der Waals surface area (Å²) < 4.78 is 7.27. The van der Waals surface area contributed by atoms with E-state index >= 15 is 0 Å². The predicted molar refractivity (Wildman–Crippen MR) is 80.7 cm³/mol. The summed E-state index contributed by atoms with van der Waals surface area (Å²) in [5, 5.41) is 9.48. The van der Waals surface area contributed by atoms with E-state index in [1.54, 1.807) is 18.9 Å². The van der Waals surface area contributed by atoms with Crippen LogP contribution < -0.4 is 10.2 Å². The molecule has 0 spiro atoms. The molecule has 0 aliphatic carbocycles. The number of rotatable bonds is 3. The van der Waals surface area contributed by atoms with Crippen LogP contribution in [0.4, 0.5) is 0 Å². The van der Waals surface area contributed by atoms with Gasteiger partial charge in [-0.2, -0.15) is 0 Å². The van der Waals surface area contributed by atoms with Gasteiger partial charge in [-0.1, -0.05) is 37.7 Å². The van der Waals surface area contributed by atoms with Gasteiger partial charge in [-0.3, -0.25) is 0 Å². The number of ether oxygens (including phenoxy) is 1. The van der Waals surface area contributed by atoms with Crippen molar-refractivity contribution in [3.05, 3.63) is 24.3 Å². The minimum absolute atomic E-state index is 0.424. The molecule has 0 saturated carbocycles. The van der Waals surface area contributed by atoms with Crippen LogP contribution >= 0.6 is 11.8 Å². The van der Waals surface area contributed by atoms with Crippen LogP contribution in [0.2, 0.25) is 0 Å². The van der Waals surface area contributed by atoms with E-state index < -0.39 is 0 Å². The molecule has 0 saturated heterocycles. The van der Waals surface area contributed by atoms with Crippen LogP contribution in [0.25, 0.3) is 11.4 Å². The Hall–Kier alpha value is -1.69. The third kappa shape index (κ3) is 2.35. The third-order valence-corrected chi connectivity index (χ3v) is 4.50. The highest BCUT2D eigenvalue weighted by Crippen LogP contribution is 2.29. The summed E-state index contributed by atoms with van der Waals surface area (Å²) in [7, 11) is 1.67. The summed E-state index contributed by atoms with van der Waals surface area (Å²) in [6.07, 6.45) is 0. The Morgan fingerprint density at radius 3 is 3.00 bits per heavy atom. The fraction of sp³-hybridized carbons (Fsp3) is 0.429. The fourth-order valence-electron chi connectivity index (χ4n) is 2.14. The minimum Gasteiger partial charge on any atom is -0.497 e. The van der Waals surface area contributed by atoms with Gasteiger partial charge >= 0.3 is 0 Å². The standard InChI is InChI=1S/C14H18N4OS/c1-9(2)12-8-20-14-16-15-13(18(14)17-12)10-5-4-6-11(7-10)19-3/h4-7,9,12,17H,8H2,1-3H3. The van der Waals surface area contributed by atoms with Gasteiger partial charge < -0.3 is 10.2 Å². The SMILES string of the molecule is COc1cccc(-c2nnc3n2NC(C(C)C)CS3)c1. The minimum atomic E-state index is 0.424. The Balaban J connectivity index is 1.98. The smallest absolute Gasteiger partial charge is 0.210 e. The van der Waals surface area contributed by atoms with Gasteiger partial charge in [-0.25, -0.2) is 4.68 Å². The summed E-state index contributed by atoms with van der Waals surface area (Å²) in [6, 6.07) is 8.31. The van der Waals surface area contributed by atoms with Crippen molar-refractivity contribution in [2.45, 2.75) is 25.0 Å². The highest BCUT2D eigenvalue weighted by atomic mass is 32.2. The van der Waals surface area contributed by atoms with Gasteiger partial charge in [-0.15, -0.1) is 10.2 Å². The van der Waals surface area contributed by atoms with E-state index in [0.717, 1.165) is 28.0 Å². The number of thioether (sulfide) groups is 1. The normalized spacial score (nSPS) is 17.7. The molecule has 1 aliphatic rings. The molecule has 1 aliphatic heterocycles. The van der Waals surface area contributed by atoms with Crippen molar-refractivity contribution in [3.63, 3.8) is 0 Å². The van der Waals surface area contributed by atoms with Crippen LogP contribution in [0.5, 0.6) is 5.75 Å². The molecule has 1 aromatic heterocycles. The van der Waals surface area contributed by atoms with Gasteiger partial charge in [-0.05, 0) is 18.1 Å². The maximum Gasteiger partial charge on any atom is 0.210 e. The Kier molecular flexibility index (Phi) is 3.56. The molecule has 0 fully saturated rings. The lowest BCUT2D eigenvalue weighted by Crippen LogP contribution is -2.38. The van der Waals surface area contributed by atoms with Crippen molar-refractivity contribution in [1.82, 2.24) is 14.9 Å². The third-order valence-electron chi connectivity index (χ3n) is 3.45. The molecule has 1 N–H and O–H groups in total. The molecule has 0 amide bonds. The molecule has 5 nitrogen and oxygen atoms in total. The lowest BCUT2D eigenvalue weighted by molar-refractivity contribution is 0.415. The van der Waals surface area contributed by atoms with Gasteiger partial charge in [0.15, 0.2) is 5.82 Å². The Bertz CT molecular complexity index is 611. The largest absolute Gasteiger partial charge is 0.497 e. The summed E-state index contributed by atoms with van der Waals surface area (Å²) in [5.74, 6) is 3.24. The number of hydrogen-bond acceptors (Lipinski definition) is 5. The second kappa shape index (κ2) is 5.36. The molecule has 1 unspecified atom stereocenters. The quantitative estimate of drug-likeness (QED) is 0.941. The van der Waals surface area contributed by atoms with Crippen LogP contribution in [0.1, 0.15) is 13.8 Å². The molecule has 3 rings (SSSR count). The topological polar surface area (TPSA) is 52.0 Å². The molecular formula is C14H18N4OS. The van der Waals surface area contributed by atoms with Crippen molar-refractivity contribution in [3.8, 4) is 17.1 Å². The van der Waals surface area contributed by atoms with E-state index in [-0.39, 0.29) is 0 Å². The summed E-state index contributed by atoms with van der Waals surface area (Å²) in [6.45, 7) is 4.44. The zero-order chi connectivity index (χ0) is 14.1. The van der Waals surface area contributed by atoms with Crippen molar-refractivity contribution in [2.75, 3.05) is 18.3 Å². The van der Waals surface area contributed by atoms with E-state index in [9.17, 15) is 0 Å². The highest BCUT2D eigenvalue weighted by Gasteiger charge is 2.25. The molecule has 1 atom stereocenters. The Morgan fingerprint density at radius 2 is 2.25 bits per heavy atom. The fourth-order valence-corrected chi connectivity index (χ4v) is 3.29. The van der Waals surface area contributed by atoms with Crippen molar-refractivity contribution in [2.24, 2.45) is 5.92 Å². The first-order valence-electron chi connectivity index (χ1n) is 6.68. The average Bonchev–Trinajstić information content (AvgIpc) is 2.90. The Morgan fingerprint density at radius 1 is 1.40 bits per heavy atom. The lowest BCUT2D eigenvalue weighted by Gasteiger charge is -2.28. The van der Waals surface area contributed by atoms with Crippen molar-refractivity contribution < 1.29 is 4.74 Å². The van der Waals surface area contributed by atoms with E-state index in [2.05, 4.69) is 29.5 Å². The molecule has 6 heteroatoms. The van der Waals surface area contributed by atoms with Crippen LogP contribution in [0.15, 0.2) is 29.4 Å². The van der Waals surface area contributed by atoms with Gasteiger partial charge in [0.1, 0.15) is 5.75 Å². The van der Waals surface area contributed by atoms with E-state index in [0.29, 0.717) is 12.0 Å². The molecule has 0 radical (unpaired) electrons. The van der Waals surface area contributed by atoms with E-state index in [1.165, 1.54) is 0 Å². The molecular weight excluding hydrogens is 272 g/mol. The Labute approximate surface area is 122 Å². The first kappa shape index (κ1) is 13.3. The van der Waals surface area contributed by atoms with E-state index in [4.69, 9.17) is 4.74 Å². The second-order valence-electron chi connectivity index (χ2n) is 5.16. The summed E-state index contributed by atoms with van der Waals surface area (Å²) in [4.78, 5) is 0. The monoisotopic (exact) mass is 290 g/mol. The summed E-state index contributed by atoms with van der Waals surface area (Å²) >= 11 is 1.75. The zero-order valence-electron chi connectivity index (χ0n) is 11.8. The maximum atomic E-state index is 5.27. The predicted octanol–water partition coefficient (Wildman–Crippen LogP) is 2.63. The maximum absolute atomic E-state index is 5.27. The number of aromatic nitrogens is 3. The molecule has 1 aromatic carbocycles. The lowest BCUT2D eigenvalue weighted by atomic mass is 10.1. The summed E-state index contributed by atoms with van der Waals surface area (Å²) in [5.41, 5.74) is 4.51. The van der Waals surface area contributed by atoms with Gasteiger partial charge in [0, 0.05) is 11.3 Å². The second-order valence-corrected chi connectivity index (χ2v) is 6.15. The van der Waals surface area contributed by atoms with Crippen molar-refractivity contribution >= 4 is 11.8 Å². The van der Waals surface area contributed by atoms with Gasteiger partial charge in [0.2, 0.25) is 5.16 Å². The van der Waals surface area contributed by atoms with Crippen LogP contribution in [0.3, 0.4) is 0 Å². The number of nitrogens with one attached hydrogen (secondary N) is 1. The number of benzene rings is 1. The zero-order valence-corrected chi connectivity index (χ0v) is 12.6. The number of methoxy groups -OCH3 is 1. The van der Waals surface area contributed by atoms with Crippen LogP contribution in [0, 0.1) is 5.92 Å². The number of hydrogen-bond donors (Lipinski definition) is 1. The first-order chi connectivity index (χ1) is 9.69. The average molecular weight is 290 g/mol. The first-order valence-corrected chi connectivity index (χ1v) is 7.67. The van der Waals surface area contributed by atoms with Gasteiger partial charge in [0.25, 0.3) is 0 Å². The molecule has 20 heavy (non-hydrogen) atoms. The molecule has 0 bridgehead atoms. The molecule has 2 aromatic rings. The van der Waals surface area contributed by atoms with Crippen molar-refractivity contribution in [1.29, 1.82) is 0 Å². The highest BCUT2D eigenvalue weighted by molar-refractivity contribution is 7.99. The van der Waals surface area contributed by atoms with E-state index in [1.807, 2.05) is 28.9 Å². The molecule has 106 valence electrons. The molecule has 2 heterocycles. The number of fused-ring (bicyclic) bond motifs is 1. The number of nitrogens with zero attached hydrogens (tertiary/aromatic N) is 3. The van der Waals surface area contributed by atoms with Crippen LogP contribution in [-0.4, -0.2) is 33.8 Å². The van der Waals surface area contributed by atoms with Crippen LogP contribution in [-0.2, 0) is 0 Å².